The third-order valence-electron chi connectivity index (χ3n) is 3.29. The molecule has 1 aromatic heterocycles. The SMILES string of the molecule is O=C(O)C1C2CC1N(c1nc(Cl)cs1)C2. The van der Waals surface area contributed by atoms with Crippen LogP contribution in [-0.2, 0) is 4.79 Å². The highest BCUT2D eigenvalue weighted by molar-refractivity contribution is 7.14. The lowest BCUT2D eigenvalue weighted by Crippen LogP contribution is -2.43. The highest BCUT2D eigenvalue weighted by atomic mass is 35.5. The standard InChI is InChI=1S/C9H9ClN2O2S/c10-6-3-15-9(11-6)12-2-4-1-5(12)7(4)8(13)14/h3-5,7H,1-2H2,(H,13,14). The first kappa shape index (κ1) is 9.42. The second-order valence-corrected chi connectivity index (χ2v) is 5.26. The minimum Gasteiger partial charge on any atom is -0.481 e. The molecule has 6 heteroatoms. The molecule has 80 valence electrons. The van der Waals surface area contributed by atoms with Crippen molar-refractivity contribution in [2.45, 2.75) is 12.5 Å². The van der Waals surface area contributed by atoms with Crippen molar-refractivity contribution in [3.05, 3.63) is 10.5 Å². The average molecular weight is 245 g/mol. The summed E-state index contributed by atoms with van der Waals surface area (Å²) < 4.78 is 0. The van der Waals surface area contributed by atoms with Crippen molar-refractivity contribution in [1.29, 1.82) is 0 Å². The van der Waals surface area contributed by atoms with Gasteiger partial charge in [0.2, 0.25) is 0 Å². The van der Waals surface area contributed by atoms with Gasteiger partial charge in [-0.3, -0.25) is 4.79 Å². The Kier molecular flexibility index (Phi) is 1.94. The Hall–Kier alpha value is -0.810. The maximum absolute atomic E-state index is 11.0. The lowest BCUT2D eigenvalue weighted by Gasteiger charge is -2.32. The minimum absolute atomic E-state index is 0.134. The van der Waals surface area contributed by atoms with Gasteiger partial charge in [-0.15, -0.1) is 11.3 Å². The molecule has 15 heavy (non-hydrogen) atoms. The van der Waals surface area contributed by atoms with E-state index in [-0.39, 0.29) is 12.0 Å². The third-order valence-corrected chi connectivity index (χ3v) is 4.49. The molecule has 2 aliphatic heterocycles. The molecule has 3 aliphatic rings. The van der Waals surface area contributed by atoms with Crippen molar-refractivity contribution in [3.8, 4) is 0 Å². The van der Waals surface area contributed by atoms with Crippen LogP contribution in [0.2, 0.25) is 5.15 Å². The van der Waals surface area contributed by atoms with Crippen molar-refractivity contribution in [3.63, 3.8) is 0 Å². The van der Waals surface area contributed by atoms with Crippen LogP contribution in [0.1, 0.15) is 6.42 Å². The topological polar surface area (TPSA) is 53.4 Å². The third kappa shape index (κ3) is 1.26. The molecule has 3 atom stereocenters. The van der Waals surface area contributed by atoms with Gasteiger partial charge in [0, 0.05) is 18.0 Å². The summed E-state index contributed by atoms with van der Waals surface area (Å²) in [5, 5.41) is 12.1. The highest BCUT2D eigenvalue weighted by Crippen LogP contribution is 2.48. The molecule has 1 aromatic rings. The van der Waals surface area contributed by atoms with E-state index in [1.165, 1.54) is 11.3 Å². The fourth-order valence-electron chi connectivity index (χ4n) is 2.58. The van der Waals surface area contributed by atoms with Gasteiger partial charge in [-0.2, -0.15) is 0 Å². The van der Waals surface area contributed by atoms with Crippen LogP contribution in [-0.4, -0.2) is 28.6 Å². The van der Waals surface area contributed by atoms with Crippen molar-refractivity contribution >= 4 is 34.0 Å². The quantitative estimate of drug-likeness (QED) is 0.861. The first-order valence-corrected chi connectivity index (χ1v) is 6.03. The smallest absolute Gasteiger partial charge is 0.308 e. The second kappa shape index (κ2) is 3.09. The van der Waals surface area contributed by atoms with Crippen LogP contribution < -0.4 is 4.90 Å². The largest absolute Gasteiger partial charge is 0.481 e. The molecule has 1 N–H and O–H groups in total. The molecule has 3 unspecified atom stereocenters. The zero-order chi connectivity index (χ0) is 10.6. The molecule has 2 saturated heterocycles. The van der Waals surface area contributed by atoms with E-state index in [1.807, 2.05) is 0 Å². The Morgan fingerprint density at radius 3 is 3.07 bits per heavy atom. The van der Waals surface area contributed by atoms with Gasteiger partial charge in [-0.1, -0.05) is 11.6 Å². The van der Waals surface area contributed by atoms with Crippen LogP contribution in [0.4, 0.5) is 5.13 Å². The van der Waals surface area contributed by atoms with Gasteiger partial charge in [-0.05, 0) is 12.3 Å². The van der Waals surface area contributed by atoms with E-state index in [1.54, 1.807) is 5.38 Å². The van der Waals surface area contributed by atoms with E-state index in [4.69, 9.17) is 16.7 Å². The van der Waals surface area contributed by atoms with E-state index >= 15 is 0 Å². The van der Waals surface area contributed by atoms with Gasteiger partial charge in [0.05, 0.1) is 5.92 Å². The second-order valence-electron chi connectivity index (χ2n) is 4.03. The molecule has 0 aromatic carbocycles. The molecule has 2 bridgehead atoms. The summed E-state index contributed by atoms with van der Waals surface area (Å²) in [6.45, 7) is 0.811. The summed E-state index contributed by atoms with van der Waals surface area (Å²) in [5.41, 5.74) is 0. The molecule has 0 spiro atoms. The number of carbonyl (C=O) groups is 1. The fraction of sp³-hybridized carbons (Fsp3) is 0.556. The summed E-state index contributed by atoms with van der Waals surface area (Å²) in [4.78, 5) is 17.2. The predicted octanol–water partition coefficient (Wildman–Crippen LogP) is 1.71. The number of aromatic nitrogens is 1. The number of thiazole rings is 1. The normalized spacial score (nSPS) is 32.9. The Balaban J connectivity index is 1.84. The van der Waals surface area contributed by atoms with Crippen LogP contribution in [0.25, 0.3) is 0 Å². The van der Waals surface area contributed by atoms with Crippen molar-refractivity contribution in [2.75, 3.05) is 11.4 Å². The van der Waals surface area contributed by atoms with Crippen molar-refractivity contribution < 1.29 is 9.90 Å². The van der Waals surface area contributed by atoms with Crippen LogP contribution in [0.5, 0.6) is 0 Å². The van der Waals surface area contributed by atoms with Crippen molar-refractivity contribution in [2.24, 2.45) is 11.8 Å². The molecule has 3 heterocycles. The van der Waals surface area contributed by atoms with E-state index in [0.717, 1.165) is 18.1 Å². The van der Waals surface area contributed by atoms with E-state index in [9.17, 15) is 4.79 Å². The number of carboxylic acids is 1. The first-order valence-electron chi connectivity index (χ1n) is 4.77. The van der Waals surface area contributed by atoms with Crippen LogP contribution in [0.15, 0.2) is 5.38 Å². The Morgan fingerprint density at radius 2 is 2.53 bits per heavy atom. The molecule has 1 aliphatic carbocycles. The maximum Gasteiger partial charge on any atom is 0.308 e. The number of nitrogens with zero attached hydrogens (tertiary/aromatic N) is 2. The van der Waals surface area contributed by atoms with Gasteiger partial charge in [0.1, 0.15) is 5.15 Å². The number of aliphatic carboxylic acids is 1. The van der Waals surface area contributed by atoms with Crippen LogP contribution in [0, 0.1) is 11.8 Å². The number of anilines is 1. The Morgan fingerprint density at radius 1 is 1.73 bits per heavy atom. The summed E-state index contributed by atoms with van der Waals surface area (Å²) in [5.74, 6) is -0.579. The predicted molar refractivity (Wildman–Crippen MR) is 57.5 cm³/mol. The van der Waals surface area contributed by atoms with Crippen LogP contribution in [0.3, 0.4) is 0 Å². The van der Waals surface area contributed by atoms with Gasteiger partial charge < -0.3 is 10.0 Å². The Labute approximate surface area is 95.5 Å². The summed E-state index contributed by atoms with van der Waals surface area (Å²) in [6.07, 6.45) is 0.980. The van der Waals surface area contributed by atoms with Gasteiger partial charge in [0.25, 0.3) is 0 Å². The van der Waals surface area contributed by atoms with Gasteiger partial charge >= 0.3 is 5.97 Å². The number of rotatable bonds is 2. The van der Waals surface area contributed by atoms with E-state index < -0.39 is 5.97 Å². The summed E-state index contributed by atoms with van der Waals surface area (Å²) in [7, 11) is 0. The zero-order valence-corrected chi connectivity index (χ0v) is 9.33. The lowest BCUT2D eigenvalue weighted by atomic mass is 9.74. The molecule has 0 amide bonds. The molecular formula is C9H9ClN2O2S. The highest BCUT2D eigenvalue weighted by Gasteiger charge is 2.56. The number of hydrogen-bond acceptors (Lipinski definition) is 4. The number of halogens is 1. The summed E-state index contributed by atoms with van der Waals surface area (Å²) >= 11 is 7.24. The molecule has 0 radical (unpaired) electrons. The van der Waals surface area contributed by atoms with E-state index in [2.05, 4.69) is 9.88 Å². The fourth-order valence-corrected chi connectivity index (χ4v) is 3.60. The van der Waals surface area contributed by atoms with Crippen molar-refractivity contribution in [1.82, 2.24) is 4.98 Å². The summed E-state index contributed by atoms with van der Waals surface area (Å²) in [6, 6.07) is 0.134. The maximum atomic E-state index is 11.0. The molecule has 3 fully saturated rings. The number of fused-ring (bicyclic) bond motifs is 1. The van der Waals surface area contributed by atoms with Crippen LogP contribution >= 0.6 is 22.9 Å². The average Bonchev–Trinajstić information content (AvgIpc) is 2.72. The molecule has 4 nitrogen and oxygen atoms in total. The number of hydrogen-bond donors (Lipinski definition) is 1. The lowest BCUT2D eigenvalue weighted by molar-refractivity contribution is -0.146. The molecule has 1 saturated carbocycles. The van der Waals surface area contributed by atoms with Gasteiger partial charge in [0.15, 0.2) is 5.13 Å². The minimum atomic E-state index is -0.679. The van der Waals surface area contributed by atoms with Gasteiger partial charge in [-0.25, -0.2) is 4.98 Å². The monoisotopic (exact) mass is 244 g/mol. The molecule has 4 rings (SSSR count). The molecular weight excluding hydrogens is 236 g/mol. The van der Waals surface area contributed by atoms with E-state index in [0.29, 0.717) is 11.1 Å². The first-order chi connectivity index (χ1) is 7.16. The zero-order valence-electron chi connectivity index (χ0n) is 7.76. The number of carboxylic acid groups (broad SMARTS) is 1. The Bertz CT molecular complexity index is 422.